The fourth-order valence-electron chi connectivity index (χ4n) is 2.87. The topological polar surface area (TPSA) is 102 Å². The van der Waals surface area contributed by atoms with Gasteiger partial charge in [-0.3, -0.25) is 19.7 Å². The minimum atomic E-state index is -0.506. The van der Waals surface area contributed by atoms with E-state index in [1.54, 1.807) is 39.2 Å². The summed E-state index contributed by atoms with van der Waals surface area (Å²) in [4.78, 5) is 36.7. The SMILES string of the molecule is CCC(NC(=O)c1cccc([N+](=O)[O-])c1C)c1ccccc1OCC(=O)N(C)C. The molecular weight excluding hydrogens is 374 g/mol. The Hall–Kier alpha value is -3.42. The van der Waals surface area contributed by atoms with Crippen LogP contribution in [0.1, 0.15) is 40.9 Å². The fraction of sp³-hybridized carbons (Fsp3) is 0.333. The average Bonchev–Trinajstić information content (AvgIpc) is 2.70. The van der Waals surface area contributed by atoms with Gasteiger partial charge in [0.2, 0.25) is 0 Å². The van der Waals surface area contributed by atoms with Crippen LogP contribution in [-0.4, -0.2) is 42.3 Å². The lowest BCUT2D eigenvalue weighted by atomic mass is 10.0. The summed E-state index contributed by atoms with van der Waals surface area (Å²) in [6.45, 7) is 3.35. The average molecular weight is 399 g/mol. The van der Waals surface area contributed by atoms with Gasteiger partial charge >= 0.3 is 0 Å². The highest BCUT2D eigenvalue weighted by Gasteiger charge is 2.22. The van der Waals surface area contributed by atoms with Gasteiger partial charge in [0.1, 0.15) is 5.75 Å². The molecule has 0 heterocycles. The van der Waals surface area contributed by atoms with Gasteiger partial charge in [-0.05, 0) is 25.5 Å². The smallest absolute Gasteiger partial charge is 0.273 e. The molecule has 154 valence electrons. The molecule has 8 heteroatoms. The highest BCUT2D eigenvalue weighted by molar-refractivity contribution is 5.96. The van der Waals surface area contributed by atoms with Crippen molar-refractivity contribution in [3.8, 4) is 5.75 Å². The molecule has 2 rings (SSSR count). The number of carbonyl (C=O) groups is 2. The molecule has 0 aliphatic carbocycles. The first-order valence-corrected chi connectivity index (χ1v) is 9.23. The number of rotatable bonds is 8. The summed E-state index contributed by atoms with van der Waals surface area (Å²) in [6, 6.07) is 11.2. The molecule has 1 N–H and O–H groups in total. The molecule has 0 spiro atoms. The summed E-state index contributed by atoms with van der Waals surface area (Å²) in [5, 5.41) is 14.1. The Morgan fingerprint density at radius 2 is 1.86 bits per heavy atom. The lowest BCUT2D eigenvalue weighted by Gasteiger charge is -2.21. The minimum Gasteiger partial charge on any atom is -0.483 e. The number of hydrogen-bond donors (Lipinski definition) is 1. The van der Waals surface area contributed by atoms with Crippen molar-refractivity contribution in [3.63, 3.8) is 0 Å². The van der Waals surface area contributed by atoms with Gasteiger partial charge in [-0.15, -0.1) is 0 Å². The van der Waals surface area contributed by atoms with Crippen LogP contribution in [0, 0.1) is 17.0 Å². The summed E-state index contributed by atoms with van der Waals surface area (Å²) in [5.74, 6) is -0.0769. The molecule has 0 bridgehead atoms. The van der Waals surface area contributed by atoms with Crippen molar-refractivity contribution in [2.45, 2.75) is 26.3 Å². The first-order valence-electron chi connectivity index (χ1n) is 9.23. The van der Waals surface area contributed by atoms with Crippen molar-refractivity contribution in [3.05, 3.63) is 69.3 Å². The number of amides is 2. The Kier molecular flexibility index (Phi) is 7.30. The molecule has 0 fully saturated rings. The van der Waals surface area contributed by atoms with E-state index in [9.17, 15) is 19.7 Å². The van der Waals surface area contributed by atoms with Crippen molar-refractivity contribution >= 4 is 17.5 Å². The Morgan fingerprint density at radius 3 is 2.48 bits per heavy atom. The second-order valence-corrected chi connectivity index (χ2v) is 6.76. The normalized spacial score (nSPS) is 11.4. The largest absolute Gasteiger partial charge is 0.483 e. The van der Waals surface area contributed by atoms with Gasteiger partial charge in [-0.25, -0.2) is 0 Å². The number of carbonyl (C=O) groups excluding carboxylic acids is 2. The number of nitro benzene ring substituents is 1. The van der Waals surface area contributed by atoms with Crippen molar-refractivity contribution in [1.82, 2.24) is 10.2 Å². The van der Waals surface area contributed by atoms with Crippen molar-refractivity contribution in [1.29, 1.82) is 0 Å². The van der Waals surface area contributed by atoms with Gasteiger partial charge in [0.05, 0.1) is 11.0 Å². The van der Waals surface area contributed by atoms with Gasteiger partial charge in [0.25, 0.3) is 17.5 Å². The fourth-order valence-corrected chi connectivity index (χ4v) is 2.87. The van der Waals surface area contributed by atoms with Gasteiger partial charge in [0.15, 0.2) is 6.61 Å². The van der Waals surface area contributed by atoms with Crippen LogP contribution in [-0.2, 0) is 4.79 Å². The molecule has 0 radical (unpaired) electrons. The molecule has 0 saturated carbocycles. The van der Waals surface area contributed by atoms with Crippen LogP contribution < -0.4 is 10.1 Å². The molecule has 2 amide bonds. The predicted octanol–water partition coefficient (Wildman–Crippen LogP) is 3.25. The first kappa shape index (κ1) is 21.9. The van der Waals surface area contributed by atoms with Crippen LogP contribution in [0.4, 0.5) is 5.69 Å². The summed E-state index contributed by atoms with van der Waals surface area (Å²) in [6.07, 6.45) is 0.571. The number of nitro groups is 1. The molecule has 2 aromatic carbocycles. The van der Waals surface area contributed by atoms with Gasteiger partial charge in [-0.2, -0.15) is 0 Å². The van der Waals surface area contributed by atoms with Crippen molar-refractivity contribution in [2.24, 2.45) is 0 Å². The monoisotopic (exact) mass is 399 g/mol. The van der Waals surface area contributed by atoms with Crippen LogP contribution in [0.2, 0.25) is 0 Å². The Balaban J connectivity index is 2.25. The summed E-state index contributed by atoms with van der Waals surface area (Å²) in [5.41, 5.74) is 1.19. The third kappa shape index (κ3) is 5.31. The van der Waals surface area contributed by atoms with Crippen LogP contribution >= 0.6 is 0 Å². The van der Waals surface area contributed by atoms with Crippen molar-refractivity contribution in [2.75, 3.05) is 20.7 Å². The predicted molar refractivity (Wildman–Crippen MR) is 109 cm³/mol. The van der Waals surface area contributed by atoms with Crippen LogP contribution in [0.15, 0.2) is 42.5 Å². The van der Waals surface area contributed by atoms with Gasteiger partial charge < -0.3 is 15.0 Å². The zero-order chi connectivity index (χ0) is 21.6. The Bertz CT molecular complexity index is 911. The number of nitrogens with one attached hydrogen (secondary N) is 1. The van der Waals surface area contributed by atoms with E-state index in [-0.39, 0.29) is 29.8 Å². The second kappa shape index (κ2) is 9.68. The van der Waals surface area contributed by atoms with Crippen LogP contribution in [0.25, 0.3) is 0 Å². The van der Waals surface area contributed by atoms with E-state index in [0.29, 0.717) is 17.7 Å². The lowest BCUT2D eigenvalue weighted by molar-refractivity contribution is -0.385. The third-order valence-electron chi connectivity index (χ3n) is 4.60. The van der Waals surface area contributed by atoms with Crippen LogP contribution in [0.5, 0.6) is 5.75 Å². The molecule has 29 heavy (non-hydrogen) atoms. The summed E-state index contributed by atoms with van der Waals surface area (Å²) in [7, 11) is 3.29. The number of para-hydroxylation sites is 1. The Morgan fingerprint density at radius 1 is 1.17 bits per heavy atom. The Labute approximate surface area is 169 Å². The molecule has 0 saturated heterocycles. The first-order chi connectivity index (χ1) is 13.8. The number of benzene rings is 2. The molecular formula is C21H25N3O5. The zero-order valence-corrected chi connectivity index (χ0v) is 17.0. The highest BCUT2D eigenvalue weighted by atomic mass is 16.6. The minimum absolute atomic E-state index is 0.100. The summed E-state index contributed by atoms with van der Waals surface area (Å²) < 4.78 is 5.67. The van der Waals surface area contributed by atoms with Gasteiger partial charge in [0, 0.05) is 36.9 Å². The lowest BCUT2D eigenvalue weighted by Crippen LogP contribution is -2.30. The second-order valence-electron chi connectivity index (χ2n) is 6.76. The zero-order valence-electron chi connectivity index (χ0n) is 17.0. The molecule has 0 aliphatic rings. The maximum absolute atomic E-state index is 12.8. The maximum atomic E-state index is 12.8. The number of hydrogen-bond acceptors (Lipinski definition) is 5. The van der Waals surface area contributed by atoms with E-state index in [1.165, 1.54) is 17.0 Å². The summed E-state index contributed by atoms with van der Waals surface area (Å²) >= 11 is 0. The van der Waals surface area contributed by atoms with Crippen molar-refractivity contribution < 1.29 is 19.2 Å². The molecule has 1 unspecified atom stereocenters. The van der Waals surface area contributed by atoms with Crippen LogP contribution in [0.3, 0.4) is 0 Å². The third-order valence-corrected chi connectivity index (χ3v) is 4.60. The molecule has 1 atom stereocenters. The molecule has 8 nitrogen and oxygen atoms in total. The molecule has 0 aromatic heterocycles. The van der Waals surface area contributed by atoms with Gasteiger partial charge in [-0.1, -0.05) is 31.2 Å². The highest BCUT2D eigenvalue weighted by Crippen LogP contribution is 2.28. The molecule has 2 aromatic rings. The van der Waals surface area contributed by atoms with E-state index in [2.05, 4.69) is 5.32 Å². The number of ether oxygens (including phenoxy) is 1. The van der Waals surface area contributed by atoms with E-state index in [1.807, 2.05) is 19.1 Å². The van der Waals surface area contributed by atoms with E-state index in [4.69, 9.17) is 4.74 Å². The molecule has 0 aliphatic heterocycles. The number of nitrogens with zero attached hydrogens (tertiary/aromatic N) is 2. The standard InChI is InChI=1S/C21H25N3O5/c1-5-17(16-9-6-7-12-19(16)29-13-20(25)23(3)4)22-21(26)15-10-8-11-18(14(15)2)24(27)28/h6-12,17H,5,13H2,1-4H3,(H,22,26). The van der Waals surface area contributed by atoms with E-state index >= 15 is 0 Å². The van der Waals surface area contributed by atoms with E-state index < -0.39 is 10.8 Å². The quantitative estimate of drug-likeness (QED) is 0.542. The van der Waals surface area contributed by atoms with E-state index in [0.717, 1.165) is 5.56 Å². The maximum Gasteiger partial charge on any atom is 0.273 e. The number of likely N-dealkylation sites (N-methyl/N-ethyl adjacent to an activating group) is 1.